The maximum atomic E-state index is 13.3. The van der Waals surface area contributed by atoms with Gasteiger partial charge >= 0.3 is 0 Å². The van der Waals surface area contributed by atoms with Gasteiger partial charge in [0.25, 0.3) is 0 Å². The van der Waals surface area contributed by atoms with E-state index in [2.05, 4.69) is 0 Å². The molecule has 0 aliphatic carbocycles. The topological polar surface area (TPSA) is 20.2 Å². The van der Waals surface area contributed by atoms with Crippen LogP contribution in [0.25, 0.3) is 0 Å². The first kappa shape index (κ1) is 11.2. The molecule has 0 aliphatic heterocycles. The van der Waals surface area contributed by atoms with Gasteiger partial charge in [-0.2, -0.15) is 11.3 Å². The number of hydrogen-bond acceptors (Lipinski definition) is 2. The third kappa shape index (κ3) is 2.46. The van der Waals surface area contributed by atoms with Crippen molar-refractivity contribution in [2.45, 2.75) is 12.5 Å². The predicted octanol–water partition coefficient (Wildman–Crippen LogP) is 3.30. The summed E-state index contributed by atoms with van der Waals surface area (Å²) in [6, 6.07) is 5.08. The van der Waals surface area contributed by atoms with E-state index in [4.69, 9.17) is 0 Å². The highest BCUT2D eigenvalue weighted by molar-refractivity contribution is 7.07. The van der Waals surface area contributed by atoms with Crippen molar-refractivity contribution in [1.29, 1.82) is 0 Å². The molecule has 4 heteroatoms. The van der Waals surface area contributed by atoms with Gasteiger partial charge in [0.1, 0.15) is 11.6 Å². The van der Waals surface area contributed by atoms with Crippen molar-refractivity contribution in [3.05, 3.63) is 57.8 Å². The van der Waals surface area contributed by atoms with Gasteiger partial charge in [-0.3, -0.25) is 0 Å². The smallest absolute Gasteiger partial charge is 0.131 e. The van der Waals surface area contributed by atoms with Crippen molar-refractivity contribution in [3.63, 3.8) is 0 Å². The highest BCUT2D eigenvalue weighted by Gasteiger charge is 2.14. The number of aliphatic hydroxyl groups excluding tert-OH is 1. The lowest BCUT2D eigenvalue weighted by molar-refractivity contribution is 0.173. The Hall–Kier alpha value is -1.26. The molecule has 1 unspecified atom stereocenters. The lowest BCUT2D eigenvalue weighted by Crippen LogP contribution is -2.04. The summed E-state index contributed by atoms with van der Waals surface area (Å²) in [5, 5.41) is 13.6. The van der Waals surface area contributed by atoms with E-state index in [9.17, 15) is 13.9 Å². The number of benzene rings is 1. The van der Waals surface area contributed by atoms with Gasteiger partial charge in [-0.15, -0.1) is 0 Å². The van der Waals surface area contributed by atoms with Crippen LogP contribution in [0, 0.1) is 11.6 Å². The van der Waals surface area contributed by atoms with Gasteiger partial charge in [0.05, 0.1) is 6.10 Å². The second-order valence-corrected chi connectivity index (χ2v) is 4.30. The monoisotopic (exact) mass is 240 g/mol. The normalized spacial score (nSPS) is 12.7. The van der Waals surface area contributed by atoms with Crippen LogP contribution in [-0.2, 0) is 6.42 Å². The van der Waals surface area contributed by atoms with E-state index >= 15 is 0 Å². The summed E-state index contributed by atoms with van der Waals surface area (Å²) in [5.41, 5.74) is 1.08. The standard InChI is InChI=1S/C12H10F2OS/c13-9-1-2-10(11(14)6-9)12(15)5-8-3-4-16-7-8/h1-4,6-7,12,15H,5H2. The molecule has 1 N–H and O–H groups in total. The Morgan fingerprint density at radius 2 is 2.06 bits per heavy atom. The molecule has 2 rings (SSSR count). The van der Waals surface area contributed by atoms with Crippen LogP contribution in [0.15, 0.2) is 35.0 Å². The maximum Gasteiger partial charge on any atom is 0.131 e. The van der Waals surface area contributed by atoms with Gasteiger partial charge in [-0.05, 0) is 28.5 Å². The fourth-order valence-electron chi connectivity index (χ4n) is 1.51. The predicted molar refractivity (Wildman–Crippen MR) is 59.3 cm³/mol. The fourth-order valence-corrected chi connectivity index (χ4v) is 2.20. The first-order valence-electron chi connectivity index (χ1n) is 4.81. The largest absolute Gasteiger partial charge is 0.388 e. The molecule has 1 heterocycles. The summed E-state index contributed by atoms with van der Waals surface area (Å²) in [6.07, 6.45) is -0.596. The summed E-state index contributed by atoms with van der Waals surface area (Å²) in [7, 11) is 0. The van der Waals surface area contributed by atoms with Crippen LogP contribution in [0.4, 0.5) is 8.78 Å². The second kappa shape index (κ2) is 4.72. The van der Waals surface area contributed by atoms with Gasteiger partial charge in [0, 0.05) is 18.1 Å². The molecule has 84 valence electrons. The van der Waals surface area contributed by atoms with Crippen LogP contribution >= 0.6 is 11.3 Å². The molecule has 1 nitrogen and oxygen atoms in total. The SMILES string of the molecule is OC(Cc1ccsc1)c1ccc(F)cc1F. The average molecular weight is 240 g/mol. The minimum absolute atomic E-state index is 0.132. The summed E-state index contributed by atoms with van der Waals surface area (Å²) in [5.74, 6) is -1.34. The summed E-state index contributed by atoms with van der Waals surface area (Å²) < 4.78 is 26.0. The van der Waals surface area contributed by atoms with Crippen LogP contribution in [-0.4, -0.2) is 5.11 Å². The number of aliphatic hydroxyl groups is 1. The third-order valence-electron chi connectivity index (χ3n) is 2.33. The van der Waals surface area contributed by atoms with Gasteiger partial charge in [-0.25, -0.2) is 8.78 Å². The van der Waals surface area contributed by atoms with E-state index in [0.717, 1.165) is 17.7 Å². The highest BCUT2D eigenvalue weighted by atomic mass is 32.1. The van der Waals surface area contributed by atoms with Gasteiger partial charge in [0.15, 0.2) is 0 Å². The van der Waals surface area contributed by atoms with Crippen molar-refractivity contribution >= 4 is 11.3 Å². The minimum Gasteiger partial charge on any atom is -0.388 e. The van der Waals surface area contributed by atoms with E-state index in [1.54, 1.807) is 0 Å². The van der Waals surface area contributed by atoms with Gasteiger partial charge in [0.2, 0.25) is 0 Å². The summed E-state index contributed by atoms with van der Waals surface area (Å²) in [4.78, 5) is 0. The van der Waals surface area contributed by atoms with Gasteiger partial charge < -0.3 is 5.11 Å². The van der Waals surface area contributed by atoms with Crippen molar-refractivity contribution in [1.82, 2.24) is 0 Å². The zero-order chi connectivity index (χ0) is 11.5. The molecule has 0 saturated heterocycles. The second-order valence-electron chi connectivity index (χ2n) is 3.52. The average Bonchev–Trinajstić information content (AvgIpc) is 2.70. The zero-order valence-corrected chi connectivity index (χ0v) is 9.18. The Balaban J connectivity index is 2.17. The number of thiophene rings is 1. The molecule has 0 aliphatic rings. The first-order chi connectivity index (χ1) is 7.66. The lowest BCUT2D eigenvalue weighted by Gasteiger charge is -2.10. The summed E-state index contributed by atoms with van der Waals surface area (Å²) in [6.45, 7) is 0. The third-order valence-corrected chi connectivity index (χ3v) is 3.06. The molecule has 2 aromatic rings. The van der Waals surface area contributed by atoms with E-state index in [-0.39, 0.29) is 5.56 Å². The molecule has 0 saturated carbocycles. The van der Waals surface area contributed by atoms with Crippen molar-refractivity contribution in [2.24, 2.45) is 0 Å². The van der Waals surface area contributed by atoms with Crippen LogP contribution in [0.5, 0.6) is 0 Å². The Morgan fingerprint density at radius 3 is 2.69 bits per heavy atom. The van der Waals surface area contributed by atoms with Crippen LogP contribution < -0.4 is 0 Å². The lowest BCUT2D eigenvalue weighted by atomic mass is 10.0. The van der Waals surface area contributed by atoms with Crippen molar-refractivity contribution < 1.29 is 13.9 Å². The van der Waals surface area contributed by atoms with E-state index < -0.39 is 17.7 Å². The molecule has 0 bridgehead atoms. The Kier molecular flexibility index (Phi) is 3.31. The molecular formula is C12H10F2OS. The van der Waals surface area contributed by atoms with Crippen LogP contribution in [0.3, 0.4) is 0 Å². The molecule has 0 spiro atoms. The van der Waals surface area contributed by atoms with E-state index in [1.807, 2.05) is 16.8 Å². The number of hydrogen-bond donors (Lipinski definition) is 1. The van der Waals surface area contributed by atoms with Crippen molar-refractivity contribution in [3.8, 4) is 0 Å². The number of halogens is 2. The molecule has 0 amide bonds. The molecule has 1 aromatic carbocycles. The number of rotatable bonds is 3. The quantitative estimate of drug-likeness (QED) is 0.872. The fraction of sp³-hybridized carbons (Fsp3) is 0.167. The molecule has 16 heavy (non-hydrogen) atoms. The maximum absolute atomic E-state index is 13.3. The van der Waals surface area contributed by atoms with Crippen molar-refractivity contribution in [2.75, 3.05) is 0 Å². The molecular weight excluding hydrogens is 230 g/mol. The molecule has 0 fully saturated rings. The highest BCUT2D eigenvalue weighted by Crippen LogP contribution is 2.22. The van der Waals surface area contributed by atoms with Gasteiger partial charge in [-0.1, -0.05) is 6.07 Å². The molecule has 0 radical (unpaired) electrons. The van der Waals surface area contributed by atoms with E-state index in [0.29, 0.717) is 6.42 Å². The van der Waals surface area contributed by atoms with Crippen LogP contribution in [0.2, 0.25) is 0 Å². The Bertz CT molecular complexity index is 468. The Labute approximate surface area is 96.0 Å². The Morgan fingerprint density at radius 1 is 1.25 bits per heavy atom. The van der Waals surface area contributed by atoms with Crippen LogP contribution in [0.1, 0.15) is 17.2 Å². The molecule has 1 atom stereocenters. The summed E-state index contributed by atoms with van der Waals surface area (Å²) >= 11 is 1.52. The minimum atomic E-state index is -0.935. The zero-order valence-electron chi connectivity index (χ0n) is 8.36. The first-order valence-corrected chi connectivity index (χ1v) is 5.75. The molecule has 1 aromatic heterocycles. The van der Waals surface area contributed by atoms with E-state index in [1.165, 1.54) is 17.4 Å².